The number of rotatable bonds is 20. The Morgan fingerprint density at radius 1 is 0.809 bits per heavy atom. The maximum absolute atomic E-state index is 11.8. The van der Waals surface area contributed by atoms with Crippen molar-refractivity contribution in [1.82, 2.24) is 9.80 Å². The molecule has 2 aliphatic rings. The van der Waals surface area contributed by atoms with Crippen LogP contribution in [0.15, 0.2) is 0 Å². The molecule has 13 nitrogen and oxygen atoms in total. The van der Waals surface area contributed by atoms with Crippen molar-refractivity contribution in [3.8, 4) is 0 Å². The molecule has 2 N–H and O–H groups in total. The number of aliphatic hydroxyl groups excluding tert-OH is 1. The normalized spacial score (nSPS) is 17.9. The van der Waals surface area contributed by atoms with E-state index in [1.807, 2.05) is 32.6 Å². The molecule has 0 aliphatic carbocycles. The first-order chi connectivity index (χ1) is 22.5. The Morgan fingerprint density at radius 3 is 1.70 bits per heavy atom. The van der Waals surface area contributed by atoms with Crippen LogP contribution in [0.2, 0.25) is 0 Å². The number of piperidine rings is 2. The van der Waals surface area contributed by atoms with E-state index < -0.39 is 0 Å². The molecule has 2 fully saturated rings. The van der Waals surface area contributed by atoms with E-state index in [1.165, 1.54) is 0 Å². The highest BCUT2D eigenvalue weighted by Gasteiger charge is 2.27. The summed E-state index contributed by atoms with van der Waals surface area (Å²) < 4.78 is 13.9. The Hall–Kier alpha value is -2.26. The summed E-state index contributed by atoms with van der Waals surface area (Å²) in [5, 5.41) is 19.8. The number of unbranched alkanes of at least 4 members (excludes halogenated alkanes) is 6. The van der Waals surface area contributed by atoms with Crippen LogP contribution in [0, 0.1) is 0 Å². The van der Waals surface area contributed by atoms with Gasteiger partial charge in [-0.1, -0.05) is 30.7 Å². The van der Waals surface area contributed by atoms with Gasteiger partial charge < -0.3 is 29.2 Å². The zero-order valence-corrected chi connectivity index (χ0v) is 30.0. The van der Waals surface area contributed by atoms with E-state index in [9.17, 15) is 29.1 Å². The van der Waals surface area contributed by atoms with E-state index in [0.29, 0.717) is 32.2 Å². The van der Waals surface area contributed by atoms with Gasteiger partial charge >= 0.3 is 11.9 Å². The van der Waals surface area contributed by atoms with Crippen molar-refractivity contribution in [3.05, 3.63) is 0 Å². The van der Waals surface area contributed by atoms with Crippen molar-refractivity contribution in [2.75, 3.05) is 26.0 Å². The summed E-state index contributed by atoms with van der Waals surface area (Å²) in [5.74, 6) is -0.00606. The number of carbonyl (C=O) groups excluding carboxylic acids is 5. The first-order valence-corrected chi connectivity index (χ1v) is 18.2. The van der Waals surface area contributed by atoms with Gasteiger partial charge in [-0.3, -0.25) is 19.2 Å². The predicted molar refractivity (Wildman–Crippen MR) is 179 cm³/mol. The highest BCUT2D eigenvalue weighted by atomic mass is 32.2. The van der Waals surface area contributed by atoms with Gasteiger partial charge in [0.05, 0.1) is 30.9 Å². The molecular formula is C33H60N2O11S. The summed E-state index contributed by atoms with van der Waals surface area (Å²) >= 11 is 0.929. The van der Waals surface area contributed by atoms with Crippen LogP contribution >= 0.6 is 12.0 Å². The fraction of sp³-hybridized carbons (Fsp3) is 0.848. The second kappa shape index (κ2) is 28.7. The number of ether oxygens (including phenoxy) is 2. The molecule has 47 heavy (non-hydrogen) atoms. The topological polar surface area (TPSA) is 169 Å². The van der Waals surface area contributed by atoms with E-state index in [1.54, 1.807) is 11.2 Å². The van der Waals surface area contributed by atoms with Crippen LogP contribution in [-0.2, 0) is 42.8 Å². The third-order valence-electron chi connectivity index (χ3n) is 7.56. The van der Waals surface area contributed by atoms with Crippen molar-refractivity contribution in [2.24, 2.45) is 0 Å². The van der Waals surface area contributed by atoms with Crippen LogP contribution in [0.1, 0.15) is 130 Å². The number of esters is 2. The molecule has 2 amide bonds. The van der Waals surface area contributed by atoms with Crippen LogP contribution < -0.4 is 0 Å². The average Bonchev–Trinajstić information content (AvgIpc) is 3.02. The van der Waals surface area contributed by atoms with Gasteiger partial charge in [0.25, 0.3) is 0 Å². The van der Waals surface area contributed by atoms with Crippen LogP contribution in [0.25, 0.3) is 0 Å². The summed E-state index contributed by atoms with van der Waals surface area (Å²) in [5.41, 5.74) is 0. The van der Waals surface area contributed by atoms with E-state index in [2.05, 4.69) is 9.37 Å². The molecule has 2 rings (SSSR count). The van der Waals surface area contributed by atoms with Gasteiger partial charge in [-0.05, 0) is 79.1 Å². The summed E-state index contributed by atoms with van der Waals surface area (Å²) in [6, 6.07) is -0.223. The highest BCUT2D eigenvalue weighted by molar-refractivity contribution is 7.93. The van der Waals surface area contributed by atoms with Crippen molar-refractivity contribution in [3.63, 3.8) is 0 Å². The molecule has 0 spiro atoms. The molecule has 0 radical (unpaired) electrons. The molecule has 0 unspecified atom stereocenters. The number of likely N-dealkylation sites (tertiary alicyclic amines) is 2. The van der Waals surface area contributed by atoms with E-state index in [4.69, 9.17) is 14.7 Å². The Bertz CT molecular complexity index is 874. The Balaban J connectivity index is 0.000000787. The minimum Gasteiger partial charge on any atom is -0.463 e. The van der Waals surface area contributed by atoms with Crippen molar-refractivity contribution < 1.29 is 53.2 Å². The minimum atomic E-state index is -0.229. The van der Waals surface area contributed by atoms with E-state index in [-0.39, 0.29) is 54.7 Å². The van der Waals surface area contributed by atoms with Gasteiger partial charge in [0.2, 0.25) is 11.8 Å². The number of aliphatic hydroxyl groups is 1. The van der Waals surface area contributed by atoms with Gasteiger partial charge in [-0.25, -0.2) is 5.26 Å². The molecule has 2 atom stereocenters. The molecule has 14 heteroatoms. The summed E-state index contributed by atoms with van der Waals surface area (Å²) in [6.07, 6.45) is 15.3. The second-order valence-corrected chi connectivity index (χ2v) is 12.7. The molecule has 0 aromatic heterocycles. The molecule has 0 aromatic rings. The summed E-state index contributed by atoms with van der Waals surface area (Å²) in [4.78, 5) is 60.8. The number of carbonyl (C=O) groups is 5. The lowest BCUT2D eigenvalue weighted by atomic mass is 10.0. The monoisotopic (exact) mass is 692 g/mol. The van der Waals surface area contributed by atoms with Gasteiger partial charge in [-0.15, -0.1) is 4.33 Å². The number of aldehydes is 1. The van der Waals surface area contributed by atoms with Gasteiger partial charge in [-0.2, -0.15) is 0 Å². The first-order valence-electron chi connectivity index (χ1n) is 17.0. The molecular weight excluding hydrogens is 632 g/mol. The maximum Gasteiger partial charge on any atom is 0.306 e. The summed E-state index contributed by atoms with van der Waals surface area (Å²) in [7, 11) is 0. The van der Waals surface area contributed by atoms with Gasteiger partial charge in [0.15, 0.2) is 0 Å². The molecule has 2 heterocycles. The fourth-order valence-electron chi connectivity index (χ4n) is 5.35. The average molecular weight is 693 g/mol. The Labute approximate surface area is 285 Å². The molecule has 2 saturated heterocycles. The molecule has 274 valence electrons. The standard InChI is InChI=1S/C16H29NO4.C16H27NO4.CH4O3S/c2*1-13(2)21-16(20)10-5-3-4-6-11-17-14(12-18)8-7-9-15(17)19;1-5-4-3-2/h13-14,18H,3-12H2,1-2H3;12-14H,3-11H2,1-2H3;2H,1H3/t2*14-;/m11./s1. The van der Waals surface area contributed by atoms with Crippen molar-refractivity contribution >= 4 is 42.1 Å². The van der Waals surface area contributed by atoms with Gasteiger partial charge in [0, 0.05) is 57.1 Å². The minimum absolute atomic E-state index is 0.00673. The largest absolute Gasteiger partial charge is 0.463 e. The molecule has 0 aromatic carbocycles. The highest BCUT2D eigenvalue weighted by Crippen LogP contribution is 2.20. The third kappa shape index (κ3) is 22.9. The lowest BCUT2D eigenvalue weighted by Gasteiger charge is -2.34. The molecule has 0 bridgehead atoms. The fourth-order valence-corrected chi connectivity index (χ4v) is 5.41. The molecule has 0 saturated carbocycles. The van der Waals surface area contributed by atoms with Crippen molar-refractivity contribution in [2.45, 2.75) is 155 Å². The maximum atomic E-state index is 11.8. The second-order valence-electron chi connectivity index (χ2n) is 12.2. The quantitative estimate of drug-likeness (QED) is 0.0416. The number of hydrogen-bond acceptors (Lipinski definition) is 12. The Morgan fingerprint density at radius 2 is 1.28 bits per heavy atom. The smallest absolute Gasteiger partial charge is 0.306 e. The van der Waals surface area contributed by atoms with Crippen LogP contribution in [0.5, 0.6) is 0 Å². The third-order valence-corrected chi connectivity index (χ3v) is 7.76. The number of amides is 2. The van der Waals surface area contributed by atoms with Crippen molar-refractivity contribution in [1.29, 1.82) is 0 Å². The SMILES string of the molecule is CC(C)OC(=O)CCCCCCN1C(=O)CCC[C@@H]1C=O.CC(C)OC(=O)CCCCCCN1C(=O)CCC[C@@H]1CO.CSOOO. The van der Waals surface area contributed by atoms with E-state index in [0.717, 1.165) is 102 Å². The predicted octanol–water partition coefficient (Wildman–Crippen LogP) is 5.42. The van der Waals surface area contributed by atoms with Crippen LogP contribution in [0.4, 0.5) is 0 Å². The zero-order chi connectivity index (χ0) is 35.5. The number of hydrogen-bond donors (Lipinski definition) is 2. The van der Waals surface area contributed by atoms with Crippen LogP contribution in [-0.4, -0.2) is 100 Å². The Kier molecular flexibility index (Phi) is 27.3. The van der Waals surface area contributed by atoms with E-state index >= 15 is 0 Å². The summed E-state index contributed by atoms with van der Waals surface area (Å²) in [6.45, 7) is 8.83. The molecule has 2 aliphatic heterocycles. The zero-order valence-electron chi connectivity index (χ0n) is 29.2. The lowest BCUT2D eigenvalue weighted by molar-refractivity contribution is -0.432. The van der Waals surface area contributed by atoms with Gasteiger partial charge in [0.1, 0.15) is 6.29 Å². The number of nitrogens with zero attached hydrogens (tertiary/aromatic N) is 2. The first kappa shape index (κ1) is 44.7. The van der Waals surface area contributed by atoms with Crippen LogP contribution in [0.3, 0.4) is 0 Å². The lowest BCUT2D eigenvalue weighted by Crippen LogP contribution is -2.45.